The number of hydrogen-bond acceptors (Lipinski definition) is 3. The van der Waals surface area contributed by atoms with Crippen LogP contribution in [0, 0.1) is 5.41 Å². The average Bonchev–Trinajstić information content (AvgIpc) is 2.71. The van der Waals surface area contributed by atoms with E-state index in [0.717, 1.165) is 0 Å². The molecule has 126 valence electrons. The molecule has 0 saturated carbocycles. The van der Waals surface area contributed by atoms with Gasteiger partial charge in [-0.25, -0.2) is 0 Å². The maximum absolute atomic E-state index is 13.1. The summed E-state index contributed by atoms with van der Waals surface area (Å²) in [5.74, 6) is -0.475. The summed E-state index contributed by atoms with van der Waals surface area (Å²) in [6, 6.07) is 7.98. The van der Waals surface area contributed by atoms with Crippen molar-refractivity contribution < 1.29 is 14.7 Å². The van der Waals surface area contributed by atoms with Crippen LogP contribution in [0.1, 0.15) is 45.0 Å². The van der Waals surface area contributed by atoms with Crippen LogP contribution >= 0.6 is 0 Å². The predicted octanol–water partition coefficient (Wildman–Crippen LogP) is 2.11. The Balaban J connectivity index is 2.56. The normalized spacial score (nSPS) is 22.7. The van der Waals surface area contributed by atoms with Crippen molar-refractivity contribution in [2.75, 3.05) is 7.05 Å². The number of benzene rings is 1. The van der Waals surface area contributed by atoms with Gasteiger partial charge >= 0.3 is 0 Å². The van der Waals surface area contributed by atoms with Crippen molar-refractivity contribution in [2.24, 2.45) is 5.41 Å². The number of nitrogens with zero attached hydrogens (tertiary/aromatic N) is 2. The third-order valence-corrected chi connectivity index (χ3v) is 4.19. The Hall–Kier alpha value is -1.88. The minimum atomic E-state index is -1.32. The number of carbonyl (C=O) groups is 2. The monoisotopic (exact) mass is 318 g/mol. The highest BCUT2D eigenvalue weighted by Gasteiger charge is 2.55. The summed E-state index contributed by atoms with van der Waals surface area (Å²) in [5.41, 5.74) is -1.15. The van der Waals surface area contributed by atoms with Crippen molar-refractivity contribution in [3.63, 3.8) is 0 Å². The van der Waals surface area contributed by atoms with Crippen molar-refractivity contribution in [3.8, 4) is 0 Å². The van der Waals surface area contributed by atoms with E-state index in [9.17, 15) is 14.7 Å². The van der Waals surface area contributed by atoms with Gasteiger partial charge in [0, 0.05) is 18.0 Å². The number of likely N-dealkylation sites (N-methyl/N-ethyl adjacent to an activating group) is 1. The van der Waals surface area contributed by atoms with E-state index in [2.05, 4.69) is 0 Å². The summed E-state index contributed by atoms with van der Waals surface area (Å²) >= 11 is 0. The number of hydrogen-bond donors (Lipinski definition) is 1. The molecule has 0 aliphatic carbocycles. The smallest absolute Gasteiger partial charge is 0.256 e. The van der Waals surface area contributed by atoms with E-state index in [0.29, 0.717) is 5.56 Å². The quantitative estimate of drug-likeness (QED) is 0.908. The zero-order valence-corrected chi connectivity index (χ0v) is 14.7. The largest absolute Gasteiger partial charge is 0.388 e. The minimum Gasteiger partial charge on any atom is -0.388 e. The highest BCUT2D eigenvalue weighted by atomic mass is 16.3. The van der Waals surface area contributed by atoms with E-state index in [1.165, 1.54) is 4.90 Å². The molecule has 1 saturated heterocycles. The molecule has 1 aliphatic rings. The van der Waals surface area contributed by atoms with E-state index >= 15 is 0 Å². The fourth-order valence-corrected chi connectivity index (χ4v) is 3.36. The first-order chi connectivity index (χ1) is 10.5. The molecule has 5 heteroatoms. The molecule has 2 unspecified atom stereocenters. The lowest BCUT2D eigenvalue weighted by molar-refractivity contribution is -0.133. The van der Waals surface area contributed by atoms with Gasteiger partial charge in [0.05, 0.1) is 5.60 Å². The van der Waals surface area contributed by atoms with Crippen LogP contribution in [0.15, 0.2) is 30.3 Å². The average molecular weight is 318 g/mol. The molecule has 1 aliphatic heterocycles. The van der Waals surface area contributed by atoms with Crippen LogP contribution in [0.25, 0.3) is 0 Å². The van der Waals surface area contributed by atoms with E-state index in [-0.39, 0.29) is 17.2 Å². The predicted molar refractivity (Wildman–Crippen MR) is 88.7 cm³/mol. The number of aliphatic hydroxyl groups is 1. The lowest BCUT2D eigenvalue weighted by Gasteiger charge is -2.40. The second-order valence-corrected chi connectivity index (χ2v) is 7.82. The summed E-state index contributed by atoms with van der Waals surface area (Å²) in [5, 5.41) is 10.5. The zero-order chi connectivity index (χ0) is 17.6. The Bertz CT molecular complexity index is 599. The van der Waals surface area contributed by atoms with Crippen LogP contribution in [0.5, 0.6) is 0 Å². The van der Waals surface area contributed by atoms with E-state index in [4.69, 9.17) is 0 Å². The summed E-state index contributed by atoms with van der Waals surface area (Å²) < 4.78 is 0. The van der Waals surface area contributed by atoms with E-state index in [1.807, 2.05) is 26.8 Å². The first kappa shape index (κ1) is 17.5. The highest BCUT2D eigenvalue weighted by molar-refractivity contribution is 6.00. The van der Waals surface area contributed by atoms with Gasteiger partial charge < -0.3 is 14.9 Å². The Morgan fingerprint density at radius 3 is 2.04 bits per heavy atom. The molecule has 0 spiro atoms. The Kier molecular flexibility index (Phi) is 4.28. The van der Waals surface area contributed by atoms with Crippen molar-refractivity contribution >= 4 is 11.8 Å². The van der Waals surface area contributed by atoms with Gasteiger partial charge in [0.2, 0.25) is 5.91 Å². The molecule has 23 heavy (non-hydrogen) atoms. The van der Waals surface area contributed by atoms with Gasteiger partial charge in [0.15, 0.2) is 0 Å². The maximum atomic E-state index is 13.1. The fourth-order valence-electron chi connectivity index (χ4n) is 3.36. The molecule has 1 N–H and O–H groups in total. The molecule has 1 heterocycles. The van der Waals surface area contributed by atoms with Crippen LogP contribution < -0.4 is 0 Å². The van der Waals surface area contributed by atoms with Crippen LogP contribution in [0.2, 0.25) is 0 Å². The number of amides is 2. The van der Waals surface area contributed by atoms with Crippen molar-refractivity contribution in [2.45, 2.75) is 52.4 Å². The number of carbonyl (C=O) groups excluding carboxylic acids is 2. The lowest BCUT2D eigenvalue weighted by atomic mass is 9.89. The van der Waals surface area contributed by atoms with Crippen LogP contribution in [-0.4, -0.2) is 51.6 Å². The molecule has 2 atom stereocenters. The first-order valence-corrected chi connectivity index (χ1v) is 7.83. The van der Waals surface area contributed by atoms with Gasteiger partial charge in [0.1, 0.15) is 12.2 Å². The molecule has 2 rings (SSSR count). The van der Waals surface area contributed by atoms with Crippen molar-refractivity contribution in [3.05, 3.63) is 35.9 Å². The maximum Gasteiger partial charge on any atom is 0.256 e. The van der Waals surface area contributed by atoms with Crippen LogP contribution in [0.4, 0.5) is 0 Å². The lowest BCUT2D eigenvalue weighted by Crippen LogP contribution is -2.55. The molecule has 1 fully saturated rings. The molecule has 2 amide bonds. The first-order valence-electron chi connectivity index (χ1n) is 7.83. The van der Waals surface area contributed by atoms with Gasteiger partial charge in [0.25, 0.3) is 5.91 Å². The Labute approximate surface area is 137 Å². The SMILES string of the molecule is CN1C(=O)C(C(C)(C)O)N(C(=O)c2ccccc2)C1C(C)(C)C. The summed E-state index contributed by atoms with van der Waals surface area (Å²) in [7, 11) is 1.69. The van der Waals surface area contributed by atoms with Gasteiger partial charge in [-0.2, -0.15) is 0 Å². The Morgan fingerprint density at radius 2 is 1.61 bits per heavy atom. The zero-order valence-electron chi connectivity index (χ0n) is 14.7. The van der Waals surface area contributed by atoms with E-state index < -0.39 is 17.8 Å². The molecule has 0 aromatic heterocycles. The highest BCUT2D eigenvalue weighted by Crippen LogP contribution is 2.38. The second-order valence-electron chi connectivity index (χ2n) is 7.82. The third-order valence-electron chi connectivity index (χ3n) is 4.19. The van der Waals surface area contributed by atoms with Crippen molar-refractivity contribution in [1.29, 1.82) is 0 Å². The third kappa shape index (κ3) is 3.11. The molecule has 0 radical (unpaired) electrons. The number of rotatable bonds is 2. The molecular weight excluding hydrogens is 292 g/mol. The van der Waals surface area contributed by atoms with Crippen LogP contribution in [0.3, 0.4) is 0 Å². The van der Waals surface area contributed by atoms with Gasteiger partial charge in [-0.05, 0) is 26.0 Å². The molecule has 1 aromatic rings. The second kappa shape index (κ2) is 5.64. The van der Waals surface area contributed by atoms with Gasteiger partial charge in [-0.3, -0.25) is 9.59 Å². The van der Waals surface area contributed by atoms with Gasteiger partial charge in [-0.15, -0.1) is 0 Å². The molecule has 1 aromatic carbocycles. The summed E-state index contributed by atoms with van der Waals surface area (Å²) in [6.45, 7) is 9.10. The summed E-state index contributed by atoms with van der Waals surface area (Å²) in [4.78, 5) is 28.9. The topological polar surface area (TPSA) is 60.9 Å². The van der Waals surface area contributed by atoms with Crippen molar-refractivity contribution in [1.82, 2.24) is 9.80 Å². The fraction of sp³-hybridized carbons (Fsp3) is 0.556. The molecular formula is C18H26N2O3. The molecule has 0 bridgehead atoms. The standard InChI is InChI=1S/C18H26N2O3/c1-17(2,3)16-19(6)15(22)13(18(4,5)23)20(16)14(21)12-10-8-7-9-11-12/h7-11,13,16,23H,1-6H3. The van der Waals surface area contributed by atoms with Crippen LogP contribution in [-0.2, 0) is 4.79 Å². The minimum absolute atomic E-state index is 0.235. The summed E-state index contributed by atoms with van der Waals surface area (Å²) in [6.07, 6.45) is -0.417. The van der Waals surface area contributed by atoms with Gasteiger partial charge in [-0.1, -0.05) is 39.0 Å². The molecule has 5 nitrogen and oxygen atoms in total. The van der Waals surface area contributed by atoms with E-state index in [1.54, 1.807) is 50.1 Å². The Morgan fingerprint density at radius 1 is 1.09 bits per heavy atom.